The van der Waals surface area contributed by atoms with Crippen LogP contribution in [0.1, 0.15) is 54.0 Å². The Labute approximate surface area is 101 Å². The fraction of sp³-hybridized carbons (Fsp3) is 0.615. The van der Waals surface area contributed by atoms with Crippen molar-refractivity contribution in [1.82, 2.24) is 5.32 Å². The lowest BCUT2D eigenvalue weighted by Gasteiger charge is -2.22. The molecule has 1 saturated carbocycles. The molecule has 2 rings (SSSR count). The van der Waals surface area contributed by atoms with Crippen LogP contribution in [0.2, 0.25) is 0 Å². The minimum absolute atomic E-state index is 0.0606. The van der Waals surface area contributed by atoms with Crippen LogP contribution in [-0.4, -0.2) is 17.1 Å². The minimum atomic E-state index is -0.994. The number of aryl methyl sites for hydroxylation is 1. The zero-order chi connectivity index (χ0) is 12.3. The van der Waals surface area contributed by atoms with Gasteiger partial charge in [-0.1, -0.05) is 19.3 Å². The molecule has 1 aliphatic rings. The summed E-state index contributed by atoms with van der Waals surface area (Å²) in [7, 11) is 0. The summed E-state index contributed by atoms with van der Waals surface area (Å²) < 4.78 is 5.30. The van der Waals surface area contributed by atoms with E-state index in [4.69, 9.17) is 9.52 Å². The average molecular weight is 237 g/mol. The van der Waals surface area contributed by atoms with E-state index in [0.29, 0.717) is 23.9 Å². The molecule has 0 aromatic carbocycles. The van der Waals surface area contributed by atoms with Gasteiger partial charge in [0, 0.05) is 11.6 Å². The summed E-state index contributed by atoms with van der Waals surface area (Å²) in [5, 5.41) is 12.3. The minimum Gasteiger partial charge on any atom is -0.475 e. The number of carbonyl (C=O) groups is 1. The summed E-state index contributed by atoms with van der Waals surface area (Å²) in [6.07, 6.45) is 6.34. The molecule has 1 heterocycles. The Morgan fingerprint density at radius 1 is 1.47 bits per heavy atom. The van der Waals surface area contributed by atoms with Gasteiger partial charge in [-0.15, -0.1) is 0 Å². The maximum atomic E-state index is 10.8. The number of hydrogen-bond donors (Lipinski definition) is 2. The Kier molecular flexibility index (Phi) is 3.84. The second kappa shape index (κ2) is 5.36. The van der Waals surface area contributed by atoms with Gasteiger partial charge in [-0.05, 0) is 25.8 Å². The van der Waals surface area contributed by atoms with Crippen LogP contribution in [0.4, 0.5) is 0 Å². The number of nitrogens with one attached hydrogen (secondary N) is 1. The Bertz CT molecular complexity index is 391. The summed E-state index contributed by atoms with van der Waals surface area (Å²) >= 11 is 0. The molecule has 0 bridgehead atoms. The van der Waals surface area contributed by atoms with E-state index in [2.05, 4.69) is 5.32 Å². The fourth-order valence-electron chi connectivity index (χ4n) is 2.40. The summed E-state index contributed by atoms with van der Waals surface area (Å²) in [5.41, 5.74) is 0.693. The third-order valence-corrected chi connectivity index (χ3v) is 3.33. The lowest BCUT2D eigenvalue weighted by Crippen LogP contribution is -2.30. The Morgan fingerprint density at radius 2 is 2.18 bits per heavy atom. The van der Waals surface area contributed by atoms with Gasteiger partial charge < -0.3 is 14.8 Å². The van der Waals surface area contributed by atoms with Gasteiger partial charge in [0.25, 0.3) is 0 Å². The molecule has 0 amide bonds. The van der Waals surface area contributed by atoms with Crippen molar-refractivity contribution >= 4 is 5.97 Å². The van der Waals surface area contributed by atoms with Crippen LogP contribution in [-0.2, 0) is 6.54 Å². The van der Waals surface area contributed by atoms with Crippen molar-refractivity contribution in [2.75, 3.05) is 0 Å². The first-order valence-electron chi connectivity index (χ1n) is 6.23. The SMILES string of the molecule is Cc1cc(CNC2CCCCC2)oc1C(=O)O. The Morgan fingerprint density at radius 3 is 2.76 bits per heavy atom. The largest absolute Gasteiger partial charge is 0.475 e. The first-order chi connectivity index (χ1) is 8.16. The van der Waals surface area contributed by atoms with E-state index in [1.165, 1.54) is 32.1 Å². The number of aromatic carboxylic acids is 1. The second-order valence-corrected chi connectivity index (χ2v) is 4.75. The monoisotopic (exact) mass is 237 g/mol. The second-order valence-electron chi connectivity index (χ2n) is 4.75. The standard InChI is InChI=1S/C13H19NO3/c1-9-7-11(17-12(9)13(15)16)8-14-10-5-3-2-4-6-10/h7,10,14H,2-6,8H2,1H3,(H,15,16). The van der Waals surface area contributed by atoms with E-state index < -0.39 is 5.97 Å². The van der Waals surface area contributed by atoms with Crippen LogP contribution in [0.15, 0.2) is 10.5 Å². The van der Waals surface area contributed by atoms with Crippen molar-refractivity contribution in [3.05, 3.63) is 23.2 Å². The van der Waals surface area contributed by atoms with E-state index in [1.807, 2.05) is 0 Å². The summed E-state index contributed by atoms with van der Waals surface area (Å²) in [4.78, 5) is 10.8. The highest BCUT2D eigenvalue weighted by molar-refractivity contribution is 5.86. The first-order valence-corrected chi connectivity index (χ1v) is 6.23. The van der Waals surface area contributed by atoms with Crippen molar-refractivity contribution < 1.29 is 14.3 Å². The summed E-state index contributed by atoms with van der Waals surface area (Å²) in [6, 6.07) is 2.36. The molecule has 0 aliphatic heterocycles. The molecule has 0 atom stereocenters. The molecule has 0 unspecified atom stereocenters. The fourth-order valence-corrected chi connectivity index (χ4v) is 2.40. The smallest absolute Gasteiger partial charge is 0.372 e. The molecule has 0 spiro atoms. The third kappa shape index (κ3) is 3.09. The number of carboxylic acid groups (broad SMARTS) is 1. The molecule has 0 saturated heterocycles. The predicted molar refractivity (Wildman–Crippen MR) is 64.1 cm³/mol. The van der Waals surface area contributed by atoms with Crippen molar-refractivity contribution in [1.29, 1.82) is 0 Å². The van der Waals surface area contributed by atoms with Crippen LogP contribution in [0.3, 0.4) is 0 Å². The van der Waals surface area contributed by atoms with Gasteiger partial charge in [0.2, 0.25) is 5.76 Å². The molecule has 2 N–H and O–H groups in total. The number of hydrogen-bond acceptors (Lipinski definition) is 3. The number of carboxylic acids is 1. The molecule has 4 nitrogen and oxygen atoms in total. The van der Waals surface area contributed by atoms with Crippen molar-refractivity contribution in [3.8, 4) is 0 Å². The zero-order valence-corrected chi connectivity index (χ0v) is 10.2. The van der Waals surface area contributed by atoms with Crippen molar-refractivity contribution in [3.63, 3.8) is 0 Å². The highest BCUT2D eigenvalue weighted by Crippen LogP contribution is 2.19. The Hall–Kier alpha value is -1.29. The van der Waals surface area contributed by atoms with Crippen LogP contribution in [0, 0.1) is 6.92 Å². The Balaban J connectivity index is 1.90. The highest BCUT2D eigenvalue weighted by atomic mass is 16.4. The van der Waals surface area contributed by atoms with Gasteiger partial charge in [-0.2, -0.15) is 0 Å². The van der Waals surface area contributed by atoms with Crippen LogP contribution >= 0.6 is 0 Å². The lowest BCUT2D eigenvalue weighted by molar-refractivity contribution is 0.0659. The van der Waals surface area contributed by atoms with Crippen molar-refractivity contribution in [2.24, 2.45) is 0 Å². The first kappa shape index (κ1) is 12.2. The molecular formula is C13H19NO3. The normalized spacial score (nSPS) is 17.2. The van der Waals surface area contributed by atoms with Crippen molar-refractivity contribution in [2.45, 2.75) is 51.6 Å². The maximum absolute atomic E-state index is 10.8. The van der Waals surface area contributed by atoms with E-state index >= 15 is 0 Å². The average Bonchev–Trinajstić information content (AvgIpc) is 2.69. The van der Waals surface area contributed by atoms with E-state index in [1.54, 1.807) is 13.0 Å². The number of rotatable bonds is 4. The molecule has 0 radical (unpaired) electrons. The van der Waals surface area contributed by atoms with Gasteiger partial charge in [0.15, 0.2) is 0 Å². The summed E-state index contributed by atoms with van der Waals surface area (Å²) in [5.74, 6) is -0.220. The molecule has 4 heteroatoms. The van der Waals surface area contributed by atoms with Gasteiger partial charge in [0.05, 0.1) is 6.54 Å². The van der Waals surface area contributed by atoms with E-state index in [9.17, 15) is 4.79 Å². The van der Waals surface area contributed by atoms with E-state index in [0.717, 1.165) is 0 Å². The molecule has 1 aromatic heterocycles. The molecule has 1 aliphatic carbocycles. The topological polar surface area (TPSA) is 62.5 Å². The molecule has 17 heavy (non-hydrogen) atoms. The van der Waals surface area contributed by atoms with Gasteiger partial charge >= 0.3 is 5.97 Å². The molecular weight excluding hydrogens is 218 g/mol. The number of furan rings is 1. The van der Waals surface area contributed by atoms with Crippen LogP contribution in [0.5, 0.6) is 0 Å². The quantitative estimate of drug-likeness (QED) is 0.845. The van der Waals surface area contributed by atoms with Gasteiger partial charge in [-0.25, -0.2) is 4.79 Å². The molecule has 94 valence electrons. The van der Waals surface area contributed by atoms with Gasteiger partial charge in [0.1, 0.15) is 5.76 Å². The maximum Gasteiger partial charge on any atom is 0.372 e. The third-order valence-electron chi connectivity index (χ3n) is 3.33. The van der Waals surface area contributed by atoms with Crippen LogP contribution < -0.4 is 5.32 Å². The van der Waals surface area contributed by atoms with Crippen LogP contribution in [0.25, 0.3) is 0 Å². The predicted octanol–water partition coefficient (Wildman–Crippen LogP) is 2.71. The van der Waals surface area contributed by atoms with Gasteiger partial charge in [-0.3, -0.25) is 0 Å². The molecule has 1 aromatic rings. The van der Waals surface area contributed by atoms with E-state index in [-0.39, 0.29) is 5.76 Å². The molecule has 1 fully saturated rings. The highest BCUT2D eigenvalue weighted by Gasteiger charge is 2.16. The zero-order valence-electron chi connectivity index (χ0n) is 10.2. The summed E-state index contributed by atoms with van der Waals surface area (Å²) in [6.45, 7) is 2.38. The lowest BCUT2D eigenvalue weighted by atomic mass is 9.95.